The molecule has 0 aromatic heterocycles. The molecule has 0 aliphatic heterocycles. The molecule has 4 nitrogen and oxygen atoms in total. The van der Waals surface area contributed by atoms with Crippen LogP contribution in [-0.2, 0) is 16.6 Å². The number of sulfonamides is 1. The number of benzene rings is 2. The molecule has 0 amide bonds. The van der Waals surface area contributed by atoms with Crippen molar-refractivity contribution in [2.45, 2.75) is 37.3 Å². The van der Waals surface area contributed by atoms with Crippen molar-refractivity contribution in [2.24, 2.45) is 0 Å². The predicted molar refractivity (Wildman–Crippen MR) is 116 cm³/mol. The van der Waals surface area contributed by atoms with Gasteiger partial charge in [0.05, 0.1) is 17.2 Å². The molecule has 2 rings (SSSR count). The second-order valence-corrected chi connectivity index (χ2v) is 9.84. The fourth-order valence-electron chi connectivity index (χ4n) is 2.84. The van der Waals surface area contributed by atoms with Gasteiger partial charge in [-0.05, 0) is 68.2 Å². The minimum Gasteiger partial charge on any atom is -0.392 e. The lowest BCUT2D eigenvalue weighted by atomic mass is 10.1. The zero-order valence-corrected chi connectivity index (χ0v) is 18.4. The second kappa shape index (κ2) is 10.0. The number of anilines is 1. The number of halogens is 2. The zero-order chi connectivity index (χ0) is 20.0. The SMILES string of the molecule is CSCCCC(C)N(c1cc(Cl)ccc1CO)S(=O)(=O)c1ccc(Cl)cc1. The molecular formula is C19H23Cl2NO3S2. The summed E-state index contributed by atoms with van der Waals surface area (Å²) in [7, 11) is -3.86. The highest BCUT2D eigenvalue weighted by molar-refractivity contribution is 7.98. The van der Waals surface area contributed by atoms with Crippen LogP contribution in [0.3, 0.4) is 0 Å². The monoisotopic (exact) mass is 447 g/mol. The highest BCUT2D eigenvalue weighted by atomic mass is 35.5. The summed E-state index contributed by atoms with van der Waals surface area (Å²) in [4.78, 5) is 0.146. The summed E-state index contributed by atoms with van der Waals surface area (Å²) < 4.78 is 28.3. The fourth-order valence-corrected chi connectivity index (χ4v) is 5.30. The maximum absolute atomic E-state index is 13.5. The maximum Gasteiger partial charge on any atom is 0.264 e. The molecule has 148 valence electrons. The predicted octanol–water partition coefficient (Wildman–Crippen LogP) is 5.21. The third-order valence-electron chi connectivity index (χ3n) is 4.20. The molecule has 1 unspecified atom stereocenters. The normalized spacial score (nSPS) is 12.8. The Morgan fingerprint density at radius 1 is 1.11 bits per heavy atom. The summed E-state index contributed by atoms with van der Waals surface area (Å²) in [6, 6.07) is 10.7. The van der Waals surface area contributed by atoms with Gasteiger partial charge in [-0.15, -0.1) is 0 Å². The molecular weight excluding hydrogens is 425 g/mol. The van der Waals surface area contributed by atoms with Gasteiger partial charge in [-0.25, -0.2) is 8.42 Å². The van der Waals surface area contributed by atoms with E-state index in [0.717, 1.165) is 12.2 Å². The van der Waals surface area contributed by atoms with E-state index >= 15 is 0 Å². The van der Waals surface area contributed by atoms with Crippen LogP contribution in [0.25, 0.3) is 0 Å². The molecule has 0 aliphatic carbocycles. The third kappa shape index (κ3) is 5.55. The van der Waals surface area contributed by atoms with Crippen molar-refractivity contribution in [1.82, 2.24) is 0 Å². The van der Waals surface area contributed by atoms with Gasteiger partial charge in [-0.1, -0.05) is 29.3 Å². The Morgan fingerprint density at radius 3 is 2.33 bits per heavy atom. The van der Waals surface area contributed by atoms with E-state index in [-0.39, 0.29) is 17.5 Å². The average molecular weight is 448 g/mol. The van der Waals surface area contributed by atoms with Crippen LogP contribution in [0.4, 0.5) is 5.69 Å². The van der Waals surface area contributed by atoms with Crippen LogP contribution >= 0.6 is 35.0 Å². The van der Waals surface area contributed by atoms with Crippen LogP contribution in [0, 0.1) is 0 Å². The summed E-state index contributed by atoms with van der Waals surface area (Å²) >= 11 is 13.8. The molecule has 0 saturated carbocycles. The van der Waals surface area contributed by atoms with Gasteiger partial charge < -0.3 is 5.11 Å². The molecule has 27 heavy (non-hydrogen) atoms. The third-order valence-corrected chi connectivity index (χ3v) is 7.32. The van der Waals surface area contributed by atoms with Crippen molar-refractivity contribution in [3.63, 3.8) is 0 Å². The number of nitrogens with zero attached hydrogens (tertiary/aromatic N) is 1. The first-order valence-corrected chi connectivity index (χ1v) is 12.1. The van der Waals surface area contributed by atoms with Gasteiger partial charge in [-0.3, -0.25) is 4.31 Å². The highest BCUT2D eigenvalue weighted by Crippen LogP contribution is 2.33. The number of rotatable bonds is 9. The molecule has 8 heteroatoms. The van der Waals surface area contributed by atoms with Gasteiger partial charge in [0.25, 0.3) is 10.0 Å². The van der Waals surface area contributed by atoms with Gasteiger partial charge in [0.1, 0.15) is 0 Å². The van der Waals surface area contributed by atoms with Gasteiger partial charge in [0.15, 0.2) is 0 Å². The van der Waals surface area contributed by atoms with E-state index in [9.17, 15) is 13.5 Å². The fraction of sp³-hybridized carbons (Fsp3) is 0.368. The Hall–Kier alpha value is -0.920. The molecule has 2 aromatic carbocycles. The Labute approximate surface area is 175 Å². The van der Waals surface area contributed by atoms with Crippen LogP contribution in [0.15, 0.2) is 47.4 Å². The van der Waals surface area contributed by atoms with Gasteiger partial charge >= 0.3 is 0 Å². The lowest BCUT2D eigenvalue weighted by Gasteiger charge is -2.32. The van der Waals surface area contributed by atoms with Crippen molar-refractivity contribution < 1.29 is 13.5 Å². The first-order chi connectivity index (χ1) is 12.8. The van der Waals surface area contributed by atoms with E-state index in [0.29, 0.717) is 27.7 Å². The minimum absolute atomic E-state index is 0.146. The molecule has 0 heterocycles. The topological polar surface area (TPSA) is 57.6 Å². The van der Waals surface area contributed by atoms with Crippen LogP contribution < -0.4 is 4.31 Å². The Balaban J connectivity index is 2.56. The van der Waals surface area contributed by atoms with Crippen molar-refractivity contribution in [3.05, 3.63) is 58.1 Å². The molecule has 0 saturated heterocycles. The molecule has 0 fully saturated rings. The number of hydrogen-bond donors (Lipinski definition) is 1. The standard InChI is InChI=1S/C19H23Cl2NO3S2/c1-14(4-3-11-26-2)22(19-12-17(21)6-5-15(19)13-23)27(24,25)18-9-7-16(20)8-10-18/h5-10,12,14,23H,3-4,11,13H2,1-2H3. The second-order valence-electron chi connectivity index (χ2n) is 6.17. The van der Waals surface area contributed by atoms with Crippen LogP contribution in [0.2, 0.25) is 10.0 Å². The van der Waals surface area contributed by atoms with Crippen molar-refractivity contribution >= 4 is 50.7 Å². The smallest absolute Gasteiger partial charge is 0.264 e. The lowest BCUT2D eigenvalue weighted by Crippen LogP contribution is -2.39. The number of aliphatic hydroxyl groups is 1. The van der Waals surface area contributed by atoms with E-state index in [1.807, 2.05) is 13.2 Å². The molecule has 0 aliphatic rings. The highest BCUT2D eigenvalue weighted by Gasteiger charge is 2.31. The summed E-state index contributed by atoms with van der Waals surface area (Å²) in [5, 5.41) is 10.6. The average Bonchev–Trinajstić information content (AvgIpc) is 2.62. The van der Waals surface area contributed by atoms with Crippen LogP contribution in [0.5, 0.6) is 0 Å². The van der Waals surface area contributed by atoms with E-state index in [1.165, 1.54) is 16.4 Å². The Bertz CT molecular complexity index is 858. The quantitative estimate of drug-likeness (QED) is 0.535. The van der Waals surface area contributed by atoms with E-state index in [2.05, 4.69) is 0 Å². The number of thioether (sulfide) groups is 1. The van der Waals surface area contributed by atoms with Crippen molar-refractivity contribution in [1.29, 1.82) is 0 Å². The molecule has 0 spiro atoms. The number of aliphatic hydroxyl groups excluding tert-OH is 1. The molecule has 0 radical (unpaired) electrons. The van der Waals surface area contributed by atoms with Crippen molar-refractivity contribution in [3.8, 4) is 0 Å². The van der Waals surface area contributed by atoms with E-state index < -0.39 is 10.0 Å². The molecule has 0 bridgehead atoms. The van der Waals surface area contributed by atoms with Gasteiger partial charge in [0, 0.05) is 21.7 Å². The van der Waals surface area contributed by atoms with E-state index in [1.54, 1.807) is 42.1 Å². The first kappa shape index (κ1) is 22.4. The summed E-state index contributed by atoms with van der Waals surface area (Å²) in [5.41, 5.74) is 0.908. The Morgan fingerprint density at radius 2 is 1.74 bits per heavy atom. The minimum atomic E-state index is -3.86. The summed E-state index contributed by atoms with van der Waals surface area (Å²) in [5.74, 6) is 0.946. The molecule has 1 atom stereocenters. The lowest BCUT2D eigenvalue weighted by molar-refractivity contribution is 0.282. The van der Waals surface area contributed by atoms with Crippen LogP contribution in [0.1, 0.15) is 25.3 Å². The molecule has 1 N–H and O–H groups in total. The summed E-state index contributed by atoms with van der Waals surface area (Å²) in [6.07, 6.45) is 3.59. The molecule has 2 aromatic rings. The van der Waals surface area contributed by atoms with Crippen molar-refractivity contribution in [2.75, 3.05) is 16.3 Å². The maximum atomic E-state index is 13.5. The summed E-state index contributed by atoms with van der Waals surface area (Å²) in [6.45, 7) is 1.59. The largest absolute Gasteiger partial charge is 0.392 e. The zero-order valence-electron chi connectivity index (χ0n) is 15.2. The Kier molecular flexibility index (Phi) is 8.31. The van der Waals surface area contributed by atoms with Gasteiger partial charge in [0.2, 0.25) is 0 Å². The van der Waals surface area contributed by atoms with Crippen LogP contribution in [-0.4, -0.2) is 31.6 Å². The first-order valence-electron chi connectivity index (χ1n) is 8.49. The van der Waals surface area contributed by atoms with E-state index in [4.69, 9.17) is 23.2 Å². The van der Waals surface area contributed by atoms with Gasteiger partial charge in [-0.2, -0.15) is 11.8 Å². The number of hydrogen-bond acceptors (Lipinski definition) is 4.